The zero-order valence-electron chi connectivity index (χ0n) is 15.8. The maximum atomic E-state index is 4.54. The van der Waals surface area contributed by atoms with Crippen LogP contribution < -0.4 is 0 Å². The highest BCUT2D eigenvalue weighted by molar-refractivity contribution is 5.13. The highest BCUT2D eigenvalue weighted by Crippen LogP contribution is 2.25. The normalized spacial score (nSPS) is 14.2. The van der Waals surface area contributed by atoms with Crippen molar-refractivity contribution in [1.82, 2.24) is 20.2 Å². The molecule has 0 amide bonds. The number of hydrogen-bond donors (Lipinski definition) is 0. The third-order valence-electron chi connectivity index (χ3n) is 4.63. The van der Waals surface area contributed by atoms with E-state index in [0.29, 0.717) is 23.7 Å². The molecule has 0 aliphatic heterocycles. The standard InChI is InChI=1S/C20H30N4/c1-13(2)17-11-21-20(22-12-17)16(6)8-7-15(5)19-10-9-18(14(3)4)23-24-19/h9-16H,7-8H2,1-6H3. The minimum Gasteiger partial charge on any atom is -0.241 e. The van der Waals surface area contributed by atoms with Crippen molar-refractivity contribution in [1.29, 1.82) is 0 Å². The topological polar surface area (TPSA) is 51.6 Å². The molecule has 2 heterocycles. The first-order chi connectivity index (χ1) is 11.4. The molecule has 2 atom stereocenters. The molecule has 4 nitrogen and oxygen atoms in total. The molecule has 2 unspecified atom stereocenters. The van der Waals surface area contributed by atoms with E-state index in [9.17, 15) is 0 Å². The Morgan fingerprint density at radius 3 is 1.75 bits per heavy atom. The molecule has 130 valence electrons. The van der Waals surface area contributed by atoms with Gasteiger partial charge >= 0.3 is 0 Å². The Morgan fingerprint density at radius 2 is 1.25 bits per heavy atom. The third kappa shape index (κ3) is 4.83. The fourth-order valence-electron chi connectivity index (χ4n) is 2.60. The lowest BCUT2D eigenvalue weighted by molar-refractivity contribution is 0.542. The molecule has 2 rings (SSSR count). The highest BCUT2D eigenvalue weighted by Gasteiger charge is 2.14. The van der Waals surface area contributed by atoms with Crippen LogP contribution in [0.25, 0.3) is 0 Å². The second kappa shape index (κ2) is 8.32. The van der Waals surface area contributed by atoms with Crippen LogP contribution in [0.5, 0.6) is 0 Å². The summed E-state index contributed by atoms with van der Waals surface area (Å²) in [5.41, 5.74) is 3.32. The van der Waals surface area contributed by atoms with Crippen molar-refractivity contribution in [2.75, 3.05) is 0 Å². The van der Waals surface area contributed by atoms with Crippen molar-refractivity contribution in [2.45, 2.75) is 78.1 Å². The lowest BCUT2D eigenvalue weighted by Gasteiger charge is -2.15. The van der Waals surface area contributed by atoms with Gasteiger partial charge in [-0.3, -0.25) is 0 Å². The molecular formula is C20H30N4. The van der Waals surface area contributed by atoms with E-state index in [-0.39, 0.29) is 0 Å². The molecule has 0 spiro atoms. The van der Waals surface area contributed by atoms with Gasteiger partial charge in [0.2, 0.25) is 0 Å². The van der Waals surface area contributed by atoms with E-state index in [1.807, 2.05) is 12.4 Å². The molecule has 2 aromatic rings. The van der Waals surface area contributed by atoms with E-state index in [1.54, 1.807) is 0 Å². The SMILES string of the molecule is CC(C)c1cnc(C(C)CCC(C)c2ccc(C(C)C)nn2)nc1. The summed E-state index contributed by atoms with van der Waals surface area (Å²) >= 11 is 0. The molecule has 0 aromatic carbocycles. The summed E-state index contributed by atoms with van der Waals surface area (Å²) in [7, 11) is 0. The fourth-order valence-corrected chi connectivity index (χ4v) is 2.60. The Balaban J connectivity index is 1.91. The maximum absolute atomic E-state index is 4.54. The molecule has 0 bridgehead atoms. The van der Waals surface area contributed by atoms with Gasteiger partial charge in [-0.25, -0.2) is 9.97 Å². The van der Waals surface area contributed by atoms with E-state index < -0.39 is 0 Å². The summed E-state index contributed by atoms with van der Waals surface area (Å²) in [5.74, 6) is 2.59. The summed E-state index contributed by atoms with van der Waals surface area (Å²) in [6, 6.07) is 4.21. The van der Waals surface area contributed by atoms with Gasteiger partial charge in [-0.2, -0.15) is 10.2 Å². The molecule has 0 saturated heterocycles. The van der Waals surface area contributed by atoms with Gasteiger partial charge in [0.05, 0.1) is 11.4 Å². The van der Waals surface area contributed by atoms with E-state index in [2.05, 4.69) is 73.8 Å². The van der Waals surface area contributed by atoms with Crippen LogP contribution in [-0.2, 0) is 0 Å². The summed E-state index contributed by atoms with van der Waals surface area (Å²) in [5, 5.41) is 8.74. The maximum Gasteiger partial charge on any atom is 0.131 e. The van der Waals surface area contributed by atoms with Gasteiger partial charge < -0.3 is 0 Å². The first kappa shape index (κ1) is 18.5. The molecule has 0 radical (unpaired) electrons. The van der Waals surface area contributed by atoms with Crippen LogP contribution in [0.3, 0.4) is 0 Å². The number of aromatic nitrogens is 4. The molecule has 24 heavy (non-hydrogen) atoms. The molecule has 0 aliphatic carbocycles. The van der Waals surface area contributed by atoms with Crippen molar-refractivity contribution in [3.05, 3.63) is 47.3 Å². The van der Waals surface area contributed by atoms with Crippen molar-refractivity contribution in [3.63, 3.8) is 0 Å². The molecular weight excluding hydrogens is 296 g/mol. The second-order valence-electron chi connectivity index (χ2n) is 7.45. The number of nitrogens with zero attached hydrogens (tertiary/aromatic N) is 4. The van der Waals surface area contributed by atoms with Gasteiger partial charge in [-0.15, -0.1) is 0 Å². The second-order valence-corrected chi connectivity index (χ2v) is 7.45. The van der Waals surface area contributed by atoms with E-state index in [1.165, 1.54) is 5.56 Å². The van der Waals surface area contributed by atoms with Crippen LogP contribution >= 0.6 is 0 Å². The van der Waals surface area contributed by atoms with Crippen LogP contribution in [-0.4, -0.2) is 20.2 Å². The lowest BCUT2D eigenvalue weighted by Crippen LogP contribution is -2.06. The van der Waals surface area contributed by atoms with Crippen LogP contribution in [0.4, 0.5) is 0 Å². The van der Waals surface area contributed by atoms with Crippen molar-refractivity contribution < 1.29 is 0 Å². The Morgan fingerprint density at radius 1 is 0.708 bits per heavy atom. The van der Waals surface area contributed by atoms with Gasteiger partial charge in [0.1, 0.15) is 5.82 Å². The molecule has 2 aromatic heterocycles. The Labute approximate surface area is 146 Å². The molecule has 0 aliphatic rings. The van der Waals surface area contributed by atoms with Crippen LogP contribution in [0.1, 0.15) is 101 Å². The summed E-state index contributed by atoms with van der Waals surface area (Å²) < 4.78 is 0. The Hall–Kier alpha value is -1.84. The largest absolute Gasteiger partial charge is 0.241 e. The predicted octanol–water partition coefficient (Wildman–Crippen LogP) is 5.20. The first-order valence-electron chi connectivity index (χ1n) is 9.03. The minimum absolute atomic E-state index is 0.358. The fraction of sp³-hybridized carbons (Fsp3) is 0.600. The third-order valence-corrected chi connectivity index (χ3v) is 4.63. The van der Waals surface area contributed by atoms with E-state index in [0.717, 1.165) is 30.1 Å². The van der Waals surface area contributed by atoms with Crippen LogP contribution in [0, 0.1) is 0 Å². The summed E-state index contributed by atoms with van der Waals surface area (Å²) in [4.78, 5) is 9.08. The van der Waals surface area contributed by atoms with Crippen molar-refractivity contribution >= 4 is 0 Å². The van der Waals surface area contributed by atoms with Crippen LogP contribution in [0.2, 0.25) is 0 Å². The first-order valence-corrected chi connectivity index (χ1v) is 9.03. The molecule has 4 heteroatoms. The van der Waals surface area contributed by atoms with Gasteiger partial charge in [-0.05, 0) is 42.4 Å². The summed E-state index contributed by atoms with van der Waals surface area (Å²) in [6.07, 6.45) is 6.04. The Kier molecular flexibility index (Phi) is 6.41. The molecule has 0 fully saturated rings. The number of rotatable bonds is 7. The van der Waals surface area contributed by atoms with Crippen LogP contribution in [0.15, 0.2) is 24.5 Å². The zero-order chi connectivity index (χ0) is 17.7. The lowest BCUT2D eigenvalue weighted by atomic mass is 9.95. The van der Waals surface area contributed by atoms with E-state index >= 15 is 0 Å². The number of hydrogen-bond acceptors (Lipinski definition) is 4. The summed E-state index contributed by atoms with van der Waals surface area (Å²) in [6.45, 7) is 13.0. The average Bonchev–Trinajstić information content (AvgIpc) is 2.59. The van der Waals surface area contributed by atoms with Crippen molar-refractivity contribution in [2.24, 2.45) is 0 Å². The monoisotopic (exact) mass is 326 g/mol. The smallest absolute Gasteiger partial charge is 0.131 e. The average molecular weight is 326 g/mol. The molecule has 0 N–H and O–H groups in total. The van der Waals surface area contributed by atoms with Gasteiger partial charge in [0.15, 0.2) is 0 Å². The highest BCUT2D eigenvalue weighted by atomic mass is 15.1. The van der Waals surface area contributed by atoms with Crippen molar-refractivity contribution in [3.8, 4) is 0 Å². The Bertz CT molecular complexity index is 560. The van der Waals surface area contributed by atoms with E-state index in [4.69, 9.17) is 0 Å². The molecule has 0 saturated carbocycles. The minimum atomic E-state index is 0.358. The van der Waals surface area contributed by atoms with Gasteiger partial charge in [-0.1, -0.05) is 41.5 Å². The van der Waals surface area contributed by atoms with Gasteiger partial charge in [0, 0.05) is 24.2 Å². The predicted molar refractivity (Wildman–Crippen MR) is 98.3 cm³/mol. The van der Waals surface area contributed by atoms with Gasteiger partial charge in [0.25, 0.3) is 0 Å². The quantitative estimate of drug-likeness (QED) is 0.701. The zero-order valence-corrected chi connectivity index (χ0v) is 15.8.